The Balaban J connectivity index is 3.24. The van der Waals surface area contributed by atoms with E-state index < -0.39 is 0 Å². The number of carbonyl (C=O) groups is 1. The smallest absolute Gasteiger partial charge is 0.308 e. The van der Waals surface area contributed by atoms with E-state index in [0.717, 1.165) is 25.7 Å². The lowest BCUT2D eigenvalue weighted by Crippen LogP contribution is -2.15. The number of esters is 1. The van der Waals surface area contributed by atoms with Crippen LogP contribution in [0.5, 0.6) is 0 Å². The molecule has 0 amide bonds. The van der Waals surface area contributed by atoms with Crippen LogP contribution in [0.25, 0.3) is 0 Å². The van der Waals surface area contributed by atoms with E-state index >= 15 is 0 Å². The molecule has 0 aliphatic carbocycles. The van der Waals surface area contributed by atoms with Crippen molar-refractivity contribution >= 4 is 5.97 Å². The highest BCUT2D eigenvalue weighted by molar-refractivity contribution is 5.71. The Morgan fingerprint density at radius 3 is 1.85 bits per heavy atom. The van der Waals surface area contributed by atoms with Gasteiger partial charge in [-0.25, -0.2) is 0 Å². The predicted molar refractivity (Wildman–Crippen MR) is 86.9 cm³/mol. The van der Waals surface area contributed by atoms with Crippen molar-refractivity contribution in [3.8, 4) is 0 Å². The van der Waals surface area contributed by atoms with Gasteiger partial charge in [-0.1, -0.05) is 85.0 Å². The predicted octanol–water partition coefficient (Wildman–Crippen LogP) is 5.89. The van der Waals surface area contributed by atoms with Gasteiger partial charge in [-0.05, 0) is 12.8 Å². The molecular formula is C18H36O2. The summed E-state index contributed by atoms with van der Waals surface area (Å²) in [6, 6.07) is 0. The van der Waals surface area contributed by atoms with Crippen LogP contribution in [0.4, 0.5) is 0 Å². The third-order valence-electron chi connectivity index (χ3n) is 3.89. The standard InChI is InChI=1S/C18H36O2/c1-4-6-8-9-10-11-12-13-14-16-20-18(19)17(3)15-7-5-2/h17H,4-16H2,1-3H3. The number of unbranched alkanes of at least 4 members (excludes halogenated alkanes) is 9. The second-order valence-electron chi connectivity index (χ2n) is 6.04. The second kappa shape index (κ2) is 14.9. The topological polar surface area (TPSA) is 26.3 Å². The molecule has 1 unspecified atom stereocenters. The van der Waals surface area contributed by atoms with E-state index in [9.17, 15) is 4.79 Å². The third kappa shape index (κ3) is 12.5. The normalized spacial score (nSPS) is 12.3. The van der Waals surface area contributed by atoms with Crippen molar-refractivity contribution in [3.05, 3.63) is 0 Å². The lowest BCUT2D eigenvalue weighted by Gasteiger charge is -2.10. The van der Waals surface area contributed by atoms with Gasteiger partial charge in [-0.3, -0.25) is 4.79 Å². The molecule has 0 aliphatic rings. The number of hydrogen-bond donors (Lipinski definition) is 0. The zero-order chi connectivity index (χ0) is 15.1. The minimum absolute atomic E-state index is 0.00184. The molecular weight excluding hydrogens is 248 g/mol. The van der Waals surface area contributed by atoms with E-state index in [1.165, 1.54) is 51.4 Å². The quantitative estimate of drug-likeness (QED) is 0.294. The first-order chi connectivity index (χ1) is 9.72. The molecule has 0 heterocycles. The molecule has 0 N–H and O–H groups in total. The van der Waals surface area contributed by atoms with Crippen molar-refractivity contribution < 1.29 is 9.53 Å². The van der Waals surface area contributed by atoms with E-state index in [2.05, 4.69) is 13.8 Å². The maximum absolute atomic E-state index is 11.7. The highest BCUT2D eigenvalue weighted by Gasteiger charge is 2.12. The van der Waals surface area contributed by atoms with Crippen molar-refractivity contribution in [1.29, 1.82) is 0 Å². The number of carbonyl (C=O) groups excluding carboxylic acids is 1. The molecule has 0 rings (SSSR count). The Hall–Kier alpha value is -0.530. The largest absolute Gasteiger partial charge is 0.465 e. The zero-order valence-electron chi connectivity index (χ0n) is 14.1. The molecule has 0 saturated carbocycles. The monoisotopic (exact) mass is 284 g/mol. The van der Waals surface area contributed by atoms with Crippen LogP contribution in [0.2, 0.25) is 0 Å². The van der Waals surface area contributed by atoms with E-state index in [0.29, 0.717) is 6.61 Å². The van der Waals surface area contributed by atoms with Gasteiger partial charge in [0.05, 0.1) is 12.5 Å². The molecule has 2 heteroatoms. The maximum atomic E-state index is 11.7. The first kappa shape index (κ1) is 19.5. The fourth-order valence-electron chi connectivity index (χ4n) is 2.36. The molecule has 1 atom stereocenters. The van der Waals surface area contributed by atoms with Gasteiger partial charge in [0, 0.05) is 0 Å². The minimum Gasteiger partial charge on any atom is -0.465 e. The number of rotatable bonds is 14. The molecule has 0 aromatic rings. The lowest BCUT2D eigenvalue weighted by molar-refractivity contribution is -0.148. The lowest BCUT2D eigenvalue weighted by atomic mass is 10.1. The molecule has 120 valence electrons. The minimum atomic E-state index is -0.00184. The Kier molecular flexibility index (Phi) is 14.5. The fourth-order valence-corrected chi connectivity index (χ4v) is 2.36. The molecule has 0 aromatic carbocycles. The van der Waals surface area contributed by atoms with Gasteiger partial charge >= 0.3 is 5.97 Å². The summed E-state index contributed by atoms with van der Waals surface area (Å²) in [5, 5.41) is 0. The number of ether oxygens (including phenoxy) is 1. The van der Waals surface area contributed by atoms with Gasteiger partial charge in [0.15, 0.2) is 0 Å². The SMILES string of the molecule is CCCCCCCCCCCOC(=O)C(C)CCCC. The average molecular weight is 284 g/mol. The Bertz CT molecular complexity index is 213. The summed E-state index contributed by atoms with van der Waals surface area (Å²) in [6.07, 6.45) is 14.9. The molecule has 0 aromatic heterocycles. The highest BCUT2D eigenvalue weighted by Crippen LogP contribution is 2.11. The van der Waals surface area contributed by atoms with Crippen molar-refractivity contribution in [1.82, 2.24) is 0 Å². The first-order valence-electron chi connectivity index (χ1n) is 8.89. The van der Waals surface area contributed by atoms with Crippen LogP contribution in [0, 0.1) is 5.92 Å². The van der Waals surface area contributed by atoms with Gasteiger partial charge in [-0.2, -0.15) is 0 Å². The van der Waals surface area contributed by atoms with Crippen molar-refractivity contribution in [2.24, 2.45) is 5.92 Å². The molecule has 2 nitrogen and oxygen atoms in total. The second-order valence-corrected chi connectivity index (χ2v) is 6.04. The van der Waals surface area contributed by atoms with Crippen molar-refractivity contribution in [3.63, 3.8) is 0 Å². The molecule has 0 spiro atoms. The summed E-state index contributed by atoms with van der Waals surface area (Å²) in [7, 11) is 0. The first-order valence-corrected chi connectivity index (χ1v) is 8.89. The van der Waals surface area contributed by atoms with Crippen LogP contribution < -0.4 is 0 Å². The van der Waals surface area contributed by atoms with Crippen LogP contribution >= 0.6 is 0 Å². The molecule has 0 aliphatic heterocycles. The van der Waals surface area contributed by atoms with E-state index in [1.807, 2.05) is 6.92 Å². The van der Waals surface area contributed by atoms with Crippen LogP contribution in [0.15, 0.2) is 0 Å². The summed E-state index contributed by atoms with van der Waals surface area (Å²) >= 11 is 0. The van der Waals surface area contributed by atoms with E-state index in [4.69, 9.17) is 4.74 Å². The van der Waals surface area contributed by atoms with Gasteiger partial charge in [0.2, 0.25) is 0 Å². The molecule has 20 heavy (non-hydrogen) atoms. The maximum Gasteiger partial charge on any atom is 0.308 e. The van der Waals surface area contributed by atoms with Crippen LogP contribution in [-0.2, 0) is 9.53 Å². The fraction of sp³-hybridized carbons (Fsp3) is 0.944. The molecule has 0 fully saturated rings. The van der Waals surface area contributed by atoms with Gasteiger partial charge in [0.25, 0.3) is 0 Å². The van der Waals surface area contributed by atoms with E-state index in [-0.39, 0.29) is 11.9 Å². The summed E-state index contributed by atoms with van der Waals surface area (Å²) in [6.45, 7) is 7.00. The average Bonchev–Trinajstić information content (AvgIpc) is 2.46. The van der Waals surface area contributed by atoms with E-state index in [1.54, 1.807) is 0 Å². The number of hydrogen-bond acceptors (Lipinski definition) is 2. The van der Waals surface area contributed by atoms with Gasteiger partial charge in [0.1, 0.15) is 0 Å². The Morgan fingerprint density at radius 1 is 0.800 bits per heavy atom. The summed E-state index contributed by atoms with van der Waals surface area (Å²) in [5.41, 5.74) is 0. The summed E-state index contributed by atoms with van der Waals surface area (Å²) in [5.74, 6) is 0.0755. The highest BCUT2D eigenvalue weighted by atomic mass is 16.5. The van der Waals surface area contributed by atoms with Crippen LogP contribution in [0.1, 0.15) is 97.8 Å². The van der Waals surface area contributed by atoms with Crippen molar-refractivity contribution in [2.45, 2.75) is 97.8 Å². The summed E-state index contributed by atoms with van der Waals surface area (Å²) < 4.78 is 5.32. The molecule has 0 saturated heterocycles. The third-order valence-corrected chi connectivity index (χ3v) is 3.89. The van der Waals surface area contributed by atoms with Gasteiger partial charge < -0.3 is 4.74 Å². The summed E-state index contributed by atoms with van der Waals surface area (Å²) in [4.78, 5) is 11.7. The zero-order valence-corrected chi connectivity index (χ0v) is 14.1. The van der Waals surface area contributed by atoms with Crippen LogP contribution in [-0.4, -0.2) is 12.6 Å². The van der Waals surface area contributed by atoms with Crippen molar-refractivity contribution in [2.75, 3.05) is 6.61 Å². The molecule has 0 bridgehead atoms. The van der Waals surface area contributed by atoms with Gasteiger partial charge in [-0.15, -0.1) is 0 Å². The van der Waals surface area contributed by atoms with Crippen LogP contribution in [0.3, 0.4) is 0 Å². The Labute approximate surface area is 126 Å². The molecule has 0 radical (unpaired) electrons. The Morgan fingerprint density at radius 2 is 1.30 bits per heavy atom.